The molecule has 0 bridgehead atoms. The van der Waals surface area contributed by atoms with Crippen LogP contribution >= 0.6 is 11.3 Å². The molecule has 7 heteroatoms. The molecule has 0 radical (unpaired) electrons. The van der Waals surface area contributed by atoms with E-state index in [2.05, 4.69) is 11.9 Å². The van der Waals surface area contributed by atoms with Crippen molar-refractivity contribution in [3.63, 3.8) is 0 Å². The summed E-state index contributed by atoms with van der Waals surface area (Å²) in [5, 5.41) is 0. The number of carbonyl (C=O) groups is 2. The number of hydrogen-bond donors (Lipinski definition) is 1. The Labute approximate surface area is 176 Å². The van der Waals surface area contributed by atoms with Crippen LogP contribution in [0.5, 0.6) is 0 Å². The summed E-state index contributed by atoms with van der Waals surface area (Å²) < 4.78 is 5.01. The third-order valence-corrected chi connectivity index (χ3v) is 6.69. The number of carbonyl (C=O) groups excluding carboxylic acids is 2. The second-order valence-electron chi connectivity index (χ2n) is 8.05. The summed E-state index contributed by atoms with van der Waals surface area (Å²) >= 11 is 1.31. The monoisotopic (exact) mass is 415 g/mol. The smallest absolute Gasteiger partial charge is 0.350 e. The molecule has 2 aromatic rings. The van der Waals surface area contributed by atoms with Gasteiger partial charge in [-0.15, -0.1) is 11.3 Å². The zero-order chi connectivity index (χ0) is 21.1. The van der Waals surface area contributed by atoms with Gasteiger partial charge in [-0.05, 0) is 63.6 Å². The van der Waals surface area contributed by atoms with Crippen molar-refractivity contribution in [2.24, 2.45) is 11.8 Å². The molecule has 2 heterocycles. The minimum absolute atomic E-state index is 0.000590. The number of nitrogen functional groups attached to an aromatic ring is 1. The number of anilines is 2. The number of aromatic nitrogens is 1. The van der Waals surface area contributed by atoms with Crippen LogP contribution in [0.3, 0.4) is 0 Å². The first kappa shape index (κ1) is 21.3. The van der Waals surface area contributed by atoms with Gasteiger partial charge in [0.25, 0.3) is 0 Å². The zero-order valence-corrected chi connectivity index (χ0v) is 18.3. The Bertz CT molecular complexity index is 868. The van der Waals surface area contributed by atoms with Crippen LogP contribution in [0, 0.1) is 11.8 Å². The molecule has 0 atom stereocenters. The van der Waals surface area contributed by atoms with Crippen molar-refractivity contribution in [2.45, 2.75) is 52.5 Å². The lowest BCUT2D eigenvalue weighted by atomic mass is 9.82. The summed E-state index contributed by atoms with van der Waals surface area (Å²) in [5.74, 6) is 0.764. The Morgan fingerprint density at radius 3 is 2.48 bits per heavy atom. The van der Waals surface area contributed by atoms with Gasteiger partial charge in [0.05, 0.1) is 12.8 Å². The van der Waals surface area contributed by atoms with E-state index in [0.717, 1.165) is 36.1 Å². The maximum absolute atomic E-state index is 13.4. The number of methoxy groups -OCH3 is 1. The molecule has 0 aromatic carbocycles. The highest BCUT2D eigenvalue weighted by molar-refractivity contribution is 7.18. The van der Waals surface area contributed by atoms with Gasteiger partial charge in [-0.2, -0.15) is 0 Å². The fourth-order valence-corrected chi connectivity index (χ4v) is 4.91. The van der Waals surface area contributed by atoms with E-state index in [1.807, 2.05) is 26.0 Å². The largest absolute Gasteiger partial charge is 0.465 e. The van der Waals surface area contributed by atoms with E-state index in [0.29, 0.717) is 22.3 Å². The first-order valence-electron chi connectivity index (χ1n) is 10.1. The Balaban J connectivity index is 2.01. The molecule has 1 aliphatic rings. The number of thiophene rings is 1. The summed E-state index contributed by atoms with van der Waals surface area (Å²) in [6, 6.07) is 5.41. The molecule has 6 nitrogen and oxygen atoms in total. The van der Waals surface area contributed by atoms with Crippen LogP contribution in [-0.2, 0) is 9.53 Å². The molecular formula is C22H29N3O3S. The summed E-state index contributed by atoms with van der Waals surface area (Å²) in [7, 11) is 1.36. The van der Waals surface area contributed by atoms with E-state index < -0.39 is 5.97 Å². The number of ether oxygens (including phenoxy) is 1. The van der Waals surface area contributed by atoms with Crippen molar-refractivity contribution in [1.29, 1.82) is 0 Å². The number of nitrogens with zero attached hydrogens (tertiary/aromatic N) is 2. The van der Waals surface area contributed by atoms with Gasteiger partial charge < -0.3 is 15.4 Å². The topological polar surface area (TPSA) is 85.5 Å². The molecule has 3 rings (SSSR count). The maximum Gasteiger partial charge on any atom is 0.350 e. The number of amides is 1. The van der Waals surface area contributed by atoms with E-state index in [-0.39, 0.29) is 17.9 Å². The van der Waals surface area contributed by atoms with E-state index >= 15 is 0 Å². The number of hydrogen-bond acceptors (Lipinski definition) is 6. The van der Waals surface area contributed by atoms with Crippen molar-refractivity contribution in [2.75, 3.05) is 17.7 Å². The molecule has 2 N–H and O–H groups in total. The van der Waals surface area contributed by atoms with Crippen molar-refractivity contribution >= 4 is 34.7 Å². The Hall–Kier alpha value is -2.41. The Morgan fingerprint density at radius 1 is 1.24 bits per heavy atom. The van der Waals surface area contributed by atoms with E-state index in [4.69, 9.17) is 10.5 Å². The van der Waals surface area contributed by atoms with Crippen molar-refractivity contribution in [3.8, 4) is 10.4 Å². The molecule has 0 saturated heterocycles. The second kappa shape index (κ2) is 8.95. The molecule has 2 aromatic heterocycles. The first-order valence-corrected chi connectivity index (χ1v) is 10.9. The maximum atomic E-state index is 13.4. The molecule has 1 aliphatic carbocycles. The van der Waals surface area contributed by atoms with Crippen LogP contribution in [-0.4, -0.2) is 30.0 Å². The van der Waals surface area contributed by atoms with E-state index in [9.17, 15) is 9.59 Å². The minimum atomic E-state index is -0.435. The first-order chi connectivity index (χ1) is 13.8. The molecule has 0 unspecified atom stereocenters. The predicted molar refractivity (Wildman–Crippen MR) is 117 cm³/mol. The highest BCUT2D eigenvalue weighted by Crippen LogP contribution is 2.40. The SMILES string of the molecule is COC(=O)c1sc(-c2ccc(N)nc2)cc1N(C(=O)[C@H]1CC[C@H](C)CC1)C(C)C. The molecule has 0 aliphatic heterocycles. The van der Waals surface area contributed by atoms with Crippen molar-refractivity contribution < 1.29 is 14.3 Å². The predicted octanol–water partition coefficient (Wildman–Crippen LogP) is 4.75. The van der Waals surface area contributed by atoms with Crippen LogP contribution < -0.4 is 10.6 Å². The van der Waals surface area contributed by atoms with Gasteiger partial charge in [0.2, 0.25) is 5.91 Å². The molecule has 156 valence electrons. The van der Waals surface area contributed by atoms with Gasteiger partial charge in [0.1, 0.15) is 10.7 Å². The van der Waals surface area contributed by atoms with Gasteiger partial charge in [-0.25, -0.2) is 9.78 Å². The van der Waals surface area contributed by atoms with Crippen LogP contribution in [0.4, 0.5) is 11.5 Å². The Morgan fingerprint density at radius 2 is 1.93 bits per heavy atom. The summed E-state index contributed by atoms with van der Waals surface area (Å²) in [6.07, 6.45) is 5.61. The average molecular weight is 416 g/mol. The summed E-state index contributed by atoms with van der Waals surface area (Å²) in [4.78, 5) is 33.2. The molecule has 0 spiro atoms. The number of esters is 1. The lowest BCUT2D eigenvalue weighted by molar-refractivity contribution is -0.123. The summed E-state index contributed by atoms with van der Waals surface area (Å²) in [5.41, 5.74) is 7.16. The third-order valence-electron chi connectivity index (χ3n) is 5.53. The van der Waals surface area contributed by atoms with E-state index in [1.54, 1.807) is 17.2 Å². The Kier molecular flexibility index (Phi) is 6.57. The molecule has 29 heavy (non-hydrogen) atoms. The van der Waals surface area contributed by atoms with Gasteiger partial charge in [0.15, 0.2) is 0 Å². The second-order valence-corrected chi connectivity index (χ2v) is 9.10. The normalized spacial score (nSPS) is 19.2. The average Bonchev–Trinajstić information content (AvgIpc) is 3.13. The standard InChI is InChI=1S/C22H29N3O3S/c1-13(2)25(21(26)15-7-5-14(3)6-8-15)17-11-18(29-20(17)22(27)28-4)16-9-10-19(23)24-12-16/h9-15H,5-8H2,1-4H3,(H2,23,24)/t14-,15-. The van der Waals surface area contributed by atoms with Crippen LogP contribution in [0.25, 0.3) is 10.4 Å². The fraction of sp³-hybridized carbons (Fsp3) is 0.500. The number of nitrogens with two attached hydrogens (primary N) is 1. The lowest BCUT2D eigenvalue weighted by Gasteiger charge is -2.33. The fourth-order valence-electron chi connectivity index (χ4n) is 3.85. The van der Waals surface area contributed by atoms with E-state index in [1.165, 1.54) is 18.4 Å². The third kappa shape index (κ3) is 4.61. The van der Waals surface area contributed by atoms with Crippen LogP contribution in [0.1, 0.15) is 56.1 Å². The molecule has 1 amide bonds. The number of pyridine rings is 1. The van der Waals surface area contributed by atoms with Crippen LogP contribution in [0.2, 0.25) is 0 Å². The zero-order valence-electron chi connectivity index (χ0n) is 17.5. The molecule has 1 fully saturated rings. The van der Waals surface area contributed by atoms with Gasteiger partial charge in [0, 0.05) is 28.6 Å². The molecule has 1 saturated carbocycles. The van der Waals surface area contributed by atoms with Gasteiger partial charge in [-0.3, -0.25) is 4.79 Å². The summed E-state index contributed by atoms with van der Waals surface area (Å²) in [6.45, 7) is 6.20. The van der Waals surface area contributed by atoms with Crippen LogP contribution in [0.15, 0.2) is 24.4 Å². The highest BCUT2D eigenvalue weighted by atomic mass is 32.1. The van der Waals surface area contributed by atoms with Gasteiger partial charge in [-0.1, -0.05) is 6.92 Å². The molecular weight excluding hydrogens is 386 g/mol. The highest BCUT2D eigenvalue weighted by Gasteiger charge is 2.33. The quantitative estimate of drug-likeness (QED) is 0.713. The van der Waals surface area contributed by atoms with Gasteiger partial charge >= 0.3 is 5.97 Å². The lowest BCUT2D eigenvalue weighted by Crippen LogP contribution is -2.42. The van der Waals surface area contributed by atoms with Crippen molar-refractivity contribution in [3.05, 3.63) is 29.3 Å². The van der Waals surface area contributed by atoms with Crippen molar-refractivity contribution in [1.82, 2.24) is 4.98 Å². The number of rotatable bonds is 5. The minimum Gasteiger partial charge on any atom is -0.465 e.